The topological polar surface area (TPSA) is 58.1 Å². The first-order chi connectivity index (χ1) is 12.2. The molecule has 0 bridgehead atoms. The van der Waals surface area contributed by atoms with Crippen LogP contribution in [0.3, 0.4) is 0 Å². The van der Waals surface area contributed by atoms with E-state index < -0.39 is 0 Å². The summed E-state index contributed by atoms with van der Waals surface area (Å²) in [6.45, 7) is 10.5. The third kappa shape index (κ3) is 8.38. The van der Waals surface area contributed by atoms with Crippen molar-refractivity contribution in [3.63, 3.8) is 0 Å². The van der Waals surface area contributed by atoms with Crippen LogP contribution in [0.1, 0.15) is 46.0 Å². The van der Waals surface area contributed by atoms with E-state index in [-0.39, 0.29) is 0 Å². The number of nitrogens with zero attached hydrogens (tertiary/aromatic N) is 2. The average molecular weight is 355 g/mol. The fourth-order valence-electron chi connectivity index (χ4n) is 3.08. The second kappa shape index (κ2) is 11.7. The lowest BCUT2D eigenvalue weighted by Gasteiger charge is -2.23. The summed E-state index contributed by atoms with van der Waals surface area (Å²) >= 11 is 0. The van der Waals surface area contributed by atoms with Crippen molar-refractivity contribution >= 4 is 5.96 Å². The minimum atomic E-state index is 0.491. The molecular weight excluding hydrogens is 316 g/mol. The molecule has 6 heteroatoms. The largest absolute Gasteiger partial charge is 0.381 e. The molecule has 0 aromatic carbocycles. The molecule has 1 aliphatic heterocycles. The number of rotatable bonds is 11. The van der Waals surface area contributed by atoms with Crippen molar-refractivity contribution in [1.82, 2.24) is 15.5 Å². The summed E-state index contributed by atoms with van der Waals surface area (Å²) in [6.07, 6.45) is 5.98. The molecule has 6 nitrogen and oxygen atoms in total. The third-order valence-electron chi connectivity index (χ3n) is 5.13. The Balaban J connectivity index is 1.55. The average Bonchev–Trinajstić information content (AvgIpc) is 3.47. The lowest BCUT2D eigenvalue weighted by atomic mass is 10.0. The van der Waals surface area contributed by atoms with Gasteiger partial charge in [0.15, 0.2) is 5.96 Å². The van der Waals surface area contributed by atoms with Gasteiger partial charge >= 0.3 is 0 Å². The van der Waals surface area contributed by atoms with Crippen LogP contribution in [0.25, 0.3) is 0 Å². The fourth-order valence-corrected chi connectivity index (χ4v) is 3.08. The SMILES string of the molecule is CCNC(=NCC(C)N(C)C1CC1)NCCCOCC1CCOCC1. The summed E-state index contributed by atoms with van der Waals surface area (Å²) in [4.78, 5) is 7.19. The minimum absolute atomic E-state index is 0.491. The molecule has 2 aliphatic rings. The van der Waals surface area contributed by atoms with Gasteiger partial charge in [-0.15, -0.1) is 0 Å². The highest BCUT2D eigenvalue weighted by atomic mass is 16.5. The Bertz CT molecular complexity index is 382. The number of aliphatic imine (C=N–C) groups is 1. The molecular formula is C19H38N4O2. The predicted octanol–water partition coefficient (Wildman–Crippen LogP) is 1.86. The molecule has 25 heavy (non-hydrogen) atoms. The van der Waals surface area contributed by atoms with Crippen LogP contribution in [0.15, 0.2) is 4.99 Å². The van der Waals surface area contributed by atoms with Gasteiger partial charge in [0.05, 0.1) is 6.54 Å². The van der Waals surface area contributed by atoms with E-state index in [1.807, 2.05) is 0 Å². The molecule has 1 saturated heterocycles. The first kappa shape index (κ1) is 20.5. The van der Waals surface area contributed by atoms with Gasteiger partial charge in [-0.3, -0.25) is 9.89 Å². The maximum Gasteiger partial charge on any atom is 0.191 e. The minimum Gasteiger partial charge on any atom is -0.381 e. The highest BCUT2D eigenvalue weighted by Gasteiger charge is 2.28. The Morgan fingerprint density at radius 2 is 2.00 bits per heavy atom. The van der Waals surface area contributed by atoms with Crippen LogP contribution in [0.4, 0.5) is 0 Å². The molecule has 1 heterocycles. The Morgan fingerprint density at radius 1 is 1.24 bits per heavy atom. The highest BCUT2D eigenvalue weighted by Crippen LogP contribution is 2.26. The smallest absolute Gasteiger partial charge is 0.191 e. The summed E-state index contributed by atoms with van der Waals surface area (Å²) in [5, 5.41) is 6.75. The molecule has 0 aromatic rings. The quantitative estimate of drug-likeness (QED) is 0.337. The van der Waals surface area contributed by atoms with Gasteiger partial charge in [0.1, 0.15) is 0 Å². The lowest BCUT2D eigenvalue weighted by molar-refractivity contribution is 0.0203. The van der Waals surface area contributed by atoms with Gasteiger partial charge in [-0.2, -0.15) is 0 Å². The molecule has 0 aromatic heterocycles. The van der Waals surface area contributed by atoms with Gasteiger partial charge in [0.25, 0.3) is 0 Å². The molecule has 0 radical (unpaired) electrons. The zero-order valence-corrected chi connectivity index (χ0v) is 16.4. The van der Waals surface area contributed by atoms with Crippen molar-refractivity contribution in [3.8, 4) is 0 Å². The van der Waals surface area contributed by atoms with Crippen molar-refractivity contribution in [3.05, 3.63) is 0 Å². The monoisotopic (exact) mass is 354 g/mol. The standard InChI is InChI=1S/C19H38N4O2/c1-4-20-19(22-14-16(2)23(3)18-6-7-18)21-10-5-11-25-15-17-8-12-24-13-9-17/h16-18H,4-15H2,1-3H3,(H2,20,21,22). The zero-order valence-electron chi connectivity index (χ0n) is 16.4. The van der Waals surface area contributed by atoms with Crippen LogP contribution in [0, 0.1) is 5.92 Å². The summed E-state index contributed by atoms with van der Waals surface area (Å²) in [5.41, 5.74) is 0. The van der Waals surface area contributed by atoms with Gasteiger partial charge in [-0.1, -0.05) is 0 Å². The van der Waals surface area contributed by atoms with Crippen LogP contribution < -0.4 is 10.6 Å². The Labute approximate surface area is 153 Å². The van der Waals surface area contributed by atoms with E-state index in [9.17, 15) is 0 Å². The number of ether oxygens (including phenoxy) is 2. The molecule has 0 amide bonds. The molecule has 2 N–H and O–H groups in total. The molecule has 1 unspecified atom stereocenters. The lowest BCUT2D eigenvalue weighted by Crippen LogP contribution is -2.40. The van der Waals surface area contributed by atoms with Gasteiger partial charge in [0.2, 0.25) is 0 Å². The van der Waals surface area contributed by atoms with Crippen molar-refractivity contribution < 1.29 is 9.47 Å². The van der Waals surface area contributed by atoms with E-state index in [0.29, 0.717) is 12.0 Å². The van der Waals surface area contributed by atoms with E-state index in [1.165, 1.54) is 12.8 Å². The molecule has 2 rings (SSSR count). The van der Waals surface area contributed by atoms with Crippen molar-refractivity contribution in [2.24, 2.45) is 10.9 Å². The molecule has 146 valence electrons. The van der Waals surface area contributed by atoms with E-state index in [4.69, 9.17) is 14.5 Å². The summed E-state index contributed by atoms with van der Waals surface area (Å²) in [6, 6.07) is 1.28. The van der Waals surface area contributed by atoms with Crippen molar-refractivity contribution in [2.75, 3.05) is 53.1 Å². The molecule has 1 aliphatic carbocycles. The molecule has 2 fully saturated rings. The summed E-state index contributed by atoms with van der Waals surface area (Å²) < 4.78 is 11.2. The second-order valence-electron chi connectivity index (χ2n) is 7.38. The summed E-state index contributed by atoms with van der Waals surface area (Å²) in [7, 11) is 2.22. The highest BCUT2D eigenvalue weighted by molar-refractivity contribution is 5.79. The molecule has 1 saturated carbocycles. The summed E-state index contributed by atoms with van der Waals surface area (Å²) in [5.74, 6) is 1.61. The number of nitrogens with one attached hydrogen (secondary N) is 2. The van der Waals surface area contributed by atoms with E-state index >= 15 is 0 Å². The number of hydrogen-bond donors (Lipinski definition) is 2. The molecule has 0 spiro atoms. The maximum atomic E-state index is 5.82. The van der Waals surface area contributed by atoms with Crippen LogP contribution in [0.2, 0.25) is 0 Å². The first-order valence-corrected chi connectivity index (χ1v) is 10.1. The Hall–Kier alpha value is -0.850. The first-order valence-electron chi connectivity index (χ1n) is 10.1. The fraction of sp³-hybridized carbons (Fsp3) is 0.947. The number of guanidine groups is 1. The van der Waals surface area contributed by atoms with Gasteiger partial charge in [-0.05, 0) is 58.9 Å². The van der Waals surface area contributed by atoms with E-state index in [0.717, 1.165) is 77.3 Å². The molecule has 1 atom stereocenters. The normalized spacial score (nSPS) is 20.7. The van der Waals surface area contributed by atoms with Crippen molar-refractivity contribution in [1.29, 1.82) is 0 Å². The van der Waals surface area contributed by atoms with Gasteiger partial charge in [-0.25, -0.2) is 0 Å². The predicted molar refractivity (Wildman–Crippen MR) is 103 cm³/mol. The van der Waals surface area contributed by atoms with Crippen molar-refractivity contribution in [2.45, 2.75) is 58.0 Å². The third-order valence-corrected chi connectivity index (χ3v) is 5.13. The second-order valence-corrected chi connectivity index (χ2v) is 7.38. The maximum absolute atomic E-state index is 5.82. The number of likely N-dealkylation sites (N-methyl/N-ethyl adjacent to an activating group) is 1. The van der Waals surface area contributed by atoms with Crippen LogP contribution in [-0.2, 0) is 9.47 Å². The zero-order chi connectivity index (χ0) is 17.9. The van der Waals surface area contributed by atoms with Gasteiger partial charge in [0, 0.05) is 51.6 Å². The number of hydrogen-bond acceptors (Lipinski definition) is 4. The van der Waals surface area contributed by atoms with Crippen LogP contribution in [0.5, 0.6) is 0 Å². The van der Waals surface area contributed by atoms with Crippen LogP contribution >= 0.6 is 0 Å². The Kier molecular flexibility index (Phi) is 9.58. The van der Waals surface area contributed by atoms with Gasteiger partial charge < -0.3 is 20.1 Å². The van der Waals surface area contributed by atoms with E-state index in [1.54, 1.807) is 0 Å². The van der Waals surface area contributed by atoms with Crippen LogP contribution in [-0.4, -0.2) is 76.1 Å². The Morgan fingerprint density at radius 3 is 2.68 bits per heavy atom. The van der Waals surface area contributed by atoms with E-state index in [2.05, 4.69) is 36.4 Å².